The Morgan fingerprint density at radius 1 is 0.441 bits per heavy atom. The molecule has 10 rings (SSSR count). The zero-order chi connectivity index (χ0) is 39.7. The molecule has 0 aliphatic carbocycles. The summed E-state index contributed by atoms with van der Waals surface area (Å²) in [6.07, 6.45) is 4.15. The fourth-order valence-corrected chi connectivity index (χ4v) is 8.25. The minimum Gasteiger partial charge on any atom is -0.344 e. The van der Waals surface area contributed by atoms with E-state index in [1.807, 2.05) is 36.4 Å². The Kier molecular flexibility index (Phi) is 9.36. The Labute approximate surface area is 346 Å². The van der Waals surface area contributed by atoms with Crippen molar-refractivity contribution in [3.63, 3.8) is 0 Å². The number of fused-ring (bicyclic) bond motifs is 2. The van der Waals surface area contributed by atoms with Crippen LogP contribution in [0.1, 0.15) is 45.1 Å². The lowest BCUT2D eigenvalue weighted by molar-refractivity contribution is 0.674. The monoisotopic (exact) mass is 758 g/mol. The first-order chi connectivity index (χ1) is 29.1. The highest BCUT2D eigenvalue weighted by molar-refractivity contribution is 6.13. The summed E-state index contributed by atoms with van der Waals surface area (Å²) in [5.74, 6) is 1.51. The van der Waals surface area contributed by atoms with Gasteiger partial charge in [0.15, 0.2) is 5.84 Å². The maximum Gasteiger partial charge on any atom is 0.159 e. The normalized spacial score (nSPS) is 14.3. The Hall–Kier alpha value is -7.56. The van der Waals surface area contributed by atoms with Crippen LogP contribution < -0.4 is 10.2 Å². The van der Waals surface area contributed by atoms with Gasteiger partial charge in [0.2, 0.25) is 0 Å². The fourth-order valence-electron chi connectivity index (χ4n) is 8.25. The molecule has 0 saturated heterocycles. The van der Waals surface area contributed by atoms with E-state index in [1.54, 1.807) is 0 Å². The zero-order valence-electron chi connectivity index (χ0n) is 33.0. The number of hydrogen-bond acceptors (Lipinski definition) is 4. The molecule has 1 atom stereocenters. The summed E-state index contributed by atoms with van der Waals surface area (Å²) in [7, 11) is 0. The second kappa shape index (κ2) is 15.4. The maximum atomic E-state index is 5.18. The van der Waals surface area contributed by atoms with Gasteiger partial charge in [-0.3, -0.25) is 0 Å². The third kappa shape index (κ3) is 7.06. The van der Waals surface area contributed by atoms with E-state index in [4.69, 9.17) is 9.98 Å². The molecule has 1 N–H and O–H groups in total. The van der Waals surface area contributed by atoms with Gasteiger partial charge >= 0.3 is 0 Å². The number of benzene rings is 8. The van der Waals surface area contributed by atoms with E-state index in [-0.39, 0.29) is 6.17 Å². The third-order valence-corrected chi connectivity index (χ3v) is 11.4. The second-order valence-corrected chi connectivity index (χ2v) is 15.2. The second-order valence-electron chi connectivity index (χ2n) is 15.2. The number of nitrogens with one attached hydrogen (secondary N) is 1. The van der Waals surface area contributed by atoms with Crippen LogP contribution in [0.3, 0.4) is 0 Å². The van der Waals surface area contributed by atoms with Crippen LogP contribution in [-0.4, -0.2) is 11.7 Å². The van der Waals surface area contributed by atoms with Crippen molar-refractivity contribution in [3.8, 4) is 33.4 Å². The van der Waals surface area contributed by atoms with E-state index in [1.165, 1.54) is 44.5 Å². The van der Waals surface area contributed by atoms with Crippen LogP contribution in [-0.2, 0) is 0 Å². The molecule has 2 aliphatic rings. The van der Waals surface area contributed by atoms with Crippen LogP contribution in [0.25, 0.3) is 45.5 Å². The van der Waals surface area contributed by atoms with Gasteiger partial charge in [-0.1, -0.05) is 164 Å². The largest absolute Gasteiger partial charge is 0.344 e. The molecule has 2 aliphatic heterocycles. The summed E-state index contributed by atoms with van der Waals surface area (Å²) in [6, 6.07) is 69.1. The van der Waals surface area contributed by atoms with E-state index < -0.39 is 0 Å². The predicted molar refractivity (Wildman–Crippen MR) is 248 cm³/mol. The molecule has 4 heteroatoms. The number of aryl methyl sites for hydroxylation is 2. The van der Waals surface area contributed by atoms with E-state index in [0.717, 1.165) is 50.7 Å². The quantitative estimate of drug-likeness (QED) is 0.176. The van der Waals surface area contributed by atoms with Crippen molar-refractivity contribution in [2.75, 3.05) is 4.90 Å². The molecule has 0 bridgehead atoms. The van der Waals surface area contributed by atoms with Crippen LogP contribution in [0.4, 0.5) is 17.1 Å². The van der Waals surface area contributed by atoms with Crippen molar-refractivity contribution in [1.82, 2.24) is 5.32 Å². The molecule has 0 radical (unpaired) electrons. The minimum atomic E-state index is -0.339. The van der Waals surface area contributed by atoms with Crippen molar-refractivity contribution in [1.29, 1.82) is 0 Å². The molecule has 0 saturated carbocycles. The van der Waals surface area contributed by atoms with E-state index in [9.17, 15) is 0 Å². The smallest absolute Gasteiger partial charge is 0.159 e. The molecule has 2 heterocycles. The number of nitrogens with zero attached hydrogens (tertiary/aromatic N) is 3. The molecule has 1 unspecified atom stereocenters. The van der Waals surface area contributed by atoms with Gasteiger partial charge in [0.05, 0.1) is 11.4 Å². The Bertz CT molecular complexity index is 2940. The number of amidine groups is 2. The van der Waals surface area contributed by atoms with Crippen molar-refractivity contribution >= 4 is 40.9 Å². The molecule has 0 fully saturated rings. The van der Waals surface area contributed by atoms with E-state index in [0.29, 0.717) is 5.84 Å². The van der Waals surface area contributed by atoms with Crippen LogP contribution in [0.5, 0.6) is 0 Å². The SMILES string of the molecule is Cc1ccccc1-c1cc(-c2cccc(-c3ccc4c(c3)C=Cc3ccccc3N4c3cccc(C4N=C(c5ccccc5)N=C(c5ccccc5)N4)c3)c2)ccc1C. The summed E-state index contributed by atoms with van der Waals surface area (Å²) in [6.45, 7) is 4.38. The first-order valence-corrected chi connectivity index (χ1v) is 20.2. The standard InChI is InChI=1S/C55H42N4/c1-37-15-9-11-25-49(37)50-36-45(28-27-38(50)2)43-22-13-21-42(33-43)44-31-32-52-46(34-44)30-29-39-16-10-12-26-51(39)59(52)48-24-14-23-47(35-48)55-57-53(40-17-5-3-6-18-40)56-54(58-55)41-19-7-4-8-20-41/h3-36,55H,1-2H3,(H,56,57,58). The lowest BCUT2D eigenvalue weighted by atomic mass is 9.92. The topological polar surface area (TPSA) is 40.0 Å². The van der Waals surface area contributed by atoms with Gasteiger partial charge in [-0.25, -0.2) is 9.98 Å². The average molecular weight is 759 g/mol. The summed E-state index contributed by atoms with van der Waals surface area (Å²) >= 11 is 0. The van der Waals surface area contributed by atoms with Crippen molar-refractivity contribution in [2.45, 2.75) is 20.0 Å². The lowest BCUT2D eigenvalue weighted by Crippen LogP contribution is -2.33. The highest BCUT2D eigenvalue weighted by Crippen LogP contribution is 2.44. The van der Waals surface area contributed by atoms with Gasteiger partial charge < -0.3 is 10.2 Å². The van der Waals surface area contributed by atoms with Gasteiger partial charge in [-0.05, 0) is 118 Å². The predicted octanol–water partition coefficient (Wildman–Crippen LogP) is 13.8. The van der Waals surface area contributed by atoms with Crippen LogP contribution in [0.15, 0.2) is 204 Å². The van der Waals surface area contributed by atoms with Crippen LogP contribution >= 0.6 is 0 Å². The highest BCUT2D eigenvalue weighted by Gasteiger charge is 2.24. The molecule has 59 heavy (non-hydrogen) atoms. The van der Waals surface area contributed by atoms with Crippen LogP contribution in [0, 0.1) is 13.8 Å². The number of para-hydroxylation sites is 1. The van der Waals surface area contributed by atoms with Crippen molar-refractivity contribution in [3.05, 3.63) is 233 Å². The first-order valence-electron chi connectivity index (χ1n) is 20.2. The molecule has 4 nitrogen and oxygen atoms in total. The molecule has 0 aromatic heterocycles. The Balaban J connectivity index is 1.02. The van der Waals surface area contributed by atoms with Gasteiger partial charge in [0, 0.05) is 16.8 Å². The van der Waals surface area contributed by atoms with E-state index in [2.05, 4.69) is 194 Å². The molecular weight excluding hydrogens is 717 g/mol. The lowest BCUT2D eigenvalue weighted by Gasteiger charge is -2.29. The summed E-state index contributed by atoms with van der Waals surface area (Å²) in [5.41, 5.74) is 18.5. The maximum absolute atomic E-state index is 5.18. The molecule has 0 amide bonds. The summed E-state index contributed by atoms with van der Waals surface area (Å²) in [4.78, 5) is 12.6. The minimum absolute atomic E-state index is 0.339. The number of hydrogen-bond donors (Lipinski definition) is 1. The van der Waals surface area contributed by atoms with Gasteiger partial charge in [0.25, 0.3) is 0 Å². The summed E-state index contributed by atoms with van der Waals surface area (Å²) < 4.78 is 0. The highest BCUT2D eigenvalue weighted by atomic mass is 15.2. The van der Waals surface area contributed by atoms with Crippen molar-refractivity contribution < 1.29 is 0 Å². The van der Waals surface area contributed by atoms with Crippen LogP contribution in [0.2, 0.25) is 0 Å². The Morgan fingerprint density at radius 3 is 1.86 bits per heavy atom. The fraction of sp³-hybridized carbons (Fsp3) is 0.0545. The zero-order valence-corrected chi connectivity index (χ0v) is 33.0. The van der Waals surface area contributed by atoms with Gasteiger partial charge in [-0.15, -0.1) is 0 Å². The molecule has 282 valence electrons. The molecule has 8 aromatic carbocycles. The molecule has 0 spiro atoms. The van der Waals surface area contributed by atoms with Gasteiger partial charge in [0.1, 0.15) is 12.0 Å². The number of aliphatic imine (C=N–C) groups is 2. The average Bonchev–Trinajstić information content (AvgIpc) is 3.47. The number of anilines is 3. The number of rotatable bonds is 7. The first kappa shape index (κ1) is 35.8. The van der Waals surface area contributed by atoms with Gasteiger partial charge in [-0.2, -0.15) is 0 Å². The van der Waals surface area contributed by atoms with E-state index >= 15 is 0 Å². The molecule has 8 aromatic rings. The summed E-state index contributed by atoms with van der Waals surface area (Å²) in [5, 5.41) is 3.66. The third-order valence-electron chi connectivity index (χ3n) is 11.4. The molecular formula is C55H42N4. The Morgan fingerprint density at radius 2 is 1.05 bits per heavy atom. The van der Waals surface area contributed by atoms with Crippen molar-refractivity contribution in [2.24, 2.45) is 9.98 Å².